The zero-order valence-corrected chi connectivity index (χ0v) is 54.7. The molecule has 32 heteroatoms. The molecule has 20 nitrogen and oxygen atoms in total. The normalized spacial score (nSPS) is 20.4. The van der Waals surface area contributed by atoms with Gasteiger partial charge in [0.15, 0.2) is 0 Å². The van der Waals surface area contributed by atoms with Crippen LogP contribution in [-0.2, 0) is 19.2 Å². The minimum Gasteiger partial charge on any atom is -0.354 e. The predicted octanol–water partition coefficient (Wildman–Crippen LogP) is 9.87. The van der Waals surface area contributed by atoms with Gasteiger partial charge in [-0.15, -0.1) is 45.3 Å². The molecule has 8 aromatic rings. The average molecular weight is 1420 g/mol. The van der Waals surface area contributed by atoms with E-state index in [0.717, 1.165) is 45.3 Å². The Kier molecular flexibility index (Phi) is 22.5. The molecule has 4 aliphatic heterocycles. The Bertz CT molecular complexity index is 3560. The summed E-state index contributed by atoms with van der Waals surface area (Å²) in [6.07, 6.45) is 5.63. The van der Waals surface area contributed by atoms with Gasteiger partial charge in [0.25, 0.3) is 23.6 Å². The van der Waals surface area contributed by atoms with E-state index in [-0.39, 0.29) is 91.0 Å². The number of hydrogen-bond donors (Lipinski definition) is 8. The second-order valence-electron chi connectivity index (χ2n) is 21.4. The summed E-state index contributed by atoms with van der Waals surface area (Å²) in [5.41, 5.74) is 2.02. The first-order valence-electron chi connectivity index (χ1n) is 27.8. The van der Waals surface area contributed by atoms with Crippen molar-refractivity contribution in [3.63, 3.8) is 0 Å². The zero-order chi connectivity index (χ0) is 66.2. The highest BCUT2D eigenvalue weighted by Crippen LogP contribution is 2.33. The SMILES string of the molecule is C[C@@H]1CNC(=O)[C@@H]1NC(=O)c1cnc(-c2cc(F)cc(Cl)c2)s1.C[C@@H]1CNC(=O)[C@H]1NC(=O)c1cnc(-c2cc(F)cc(Cl)c2)s1.C[C@H]1CNC(=O)[C@@H]1NC(=O)c1cnc(-c2cc(F)cc(Cl)c2)s1.C[C@H]1CNC(=O)[C@H]1NC(=O)c1cnc(-c2cc(F)cc(Cl)c2)s1. The lowest BCUT2D eigenvalue weighted by Gasteiger charge is -2.13. The van der Waals surface area contributed by atoms with Crippen LogP contribution in [0.4, 0.5) is 17.6 Å². The van der Waals surface area contributed by atoms with E-state index < -0.39 is 47.4 Å². The van der Waals surface area contributed by atoms with Crippen LogP contribution in [0, 0.1) is 46.9 Å². The molecule has 8 N–H and O–H groups in total. The minimum absolute atomic E-state index is 0.0286. The van der Waals surface area contributed by atoms with Crippen molar-refractivity contribution in [1.29, 1.82) is 0 Å². The number of benzene rings is 4. The Morgan fingerprint density at radius 1 is 0.370 bits per heavy atom. The zero-order valence-electron chi connectivity index (χ0n) is 48.4. The quantitative estimate of drug-likeness (QED) is 0.0531. The van der Waals surface area contributed by atoms with Crippen LogP contribution in [0.25, 0.3) is 42.3 Å². The molecule has 0 aliphatic carbocycles. The fraction of sp³-hybridized carbons (Fsp3) is 0.267. The Morgan fingerprint density at radius 2 is 0.565 bits per heavy atom. The van der Waals surface area contributed by atoms with Crippen molar-refractivity contribution >= 4 is 139 Å². The summed E-state index contributed by atoms with van der Waals surface area (Å²) in [5.74, 6) is -3.99. The van der Waals surface area contributed by atoms with Gasteiger partial charge in [0.1, 0.15) is 87.0 Å². The molecule has 480 valence electrons. The third kappa shape index (κ3) is 17.4. The molecule has 4 aromatic heterocycles. The Balaban J connectivity index is 0.000000145. The van der Waals surface area contributed by atoms with Crippen molar-refractivity contribution < 1.29 is 55.9 Å². The summed E-state index contributed by atoms with van der Waals surface area (Å²) in [4.78, 5) is 114. The molecule has 0 radical (unpaired) electrons. The van der Waals surface area contributed by atoms with E-state index in [4.69, 9.17) is 46.4 Å². The molecule has 0 saturated carbocycles. The maximum Gasteiger partial charge on any atom is 0.263 e. The molecule has 8 amide bonds. The lowest BCUT2D eigenvalue weighted by molar-refractivity contribution is -0.121. The van der Waals surface area contributed by atoms with Crippen molar-refractivity contribution in [3.05, 3.63) is 160 Å². The van der Waals surface area contributed by atoms with Gasteiger partial charge in [0.2, 0.25) is 23.6 Å². The van der Waals surface area contributed by atoms with Crippen LogP contribution in [0.3, 0.4) is 0 Å². The molecule has 8 atom stereocenters. The van der Waals surface area contributed by atoms with Gasteiger partial charge >= 0.3 is 0 Å². The van der Waals surface area contributed by atoms with Gasteiger partial charge < -0.3 is 42.5 Å². The van der Waals surface area contributed by atoms with E-state index in [9.17, 15) is 55.9 Å². The van der Waals surface area contributed by atoms with Crippen molar-refractivity contribution in [2.24, 2.45) is 23.7 Å². The number of carbonyl (C=O) groups is 8. The number of nitrogens with one attached hydrogen (secondary N) is 8. The molecule has 4 aromatic carbocycles. The fourth-order valence-corrected chi connectivity index (χ4v) is 13.5. The summed E-state index contributed by atoms with van der Waals surface area (Å²) in [7, 11) is 0. The van der Waals surface area contributed by atoms with Crippen LogP contribution < -0.4 is 42.5 Å². The van der Waals surface area contributed by atoms with E-state index in [1.807, 2.05) is 27.7 Å². The largest absolute Gasteiger partial charge is 0.354 e. The third-order valence-electron chi connectivity index (χ3n) is 14.3. The van der Waals surface area contributed by atoms with E-state index in [2.05, 4.69) is 62.5 Å². The minimum atomic E-state index is -0.545. The number of nitrogens with zero attached hydrogens (tertiary/aromatic N) is 4. The van der Waals surface area contributed by atoms with E-state index in [0.29, 0.717) is 88.0 Å². The van der Waals surface area contributed by atoms with Gasteiger partial charge in [0.05, 0.1) is 24.8 Å². The highest BCUT2D eigenvalue weighted by Gasteiger charge is 2.37. The molecule has 8 heterocycles. The van der Waals surface area contributed by atoms with Crippen LogP contribution in [0.1, 0.15) is 66.4 Å². The second kappa shape index (κ2) is 30.2. The first-order valence-corrected chi connectivity index (χ1v) is 32.6. The summed E-state index contributed by atoms with van der Waals surface area (Å²) >= 11 is 27.8. The van der Waals surface area contributed by atoms with Gasteiger partial charge in [-0.05, 0) is 72.8 Å². The second-order valence-corrected chi connectivity index (χ2v) is 27.3. The number of amides is 8. The molecule has 0 unspecified atom stereocenters. The number of aromatic nitrogens is 4. The molecule has 0 spiro atoms. The summed E-state index contributed by atoms with van der Waals surface area (Å²) in [6, 6.07) is 14.2. The molecule has 4 fully saturated rings. The average Bonchev–Trinajstić information content (AvgIpc) is 1.94. The molecular weight excluding hydrogens is 1360 g/mol. The maximum atomic E-state index is 13.4. The highest BCUT2D eigenvalue weighted by atomic mass is 35.5. The van der Waals surface area contributed by atoms with Crippen LogP contribution >= 0.6 is 91.8 Å². The summed E-state index contributed by atoms with van der Waals surface area (Å²) < 4.78 is 53.6. The number of thiazole rings is 4. The molecule has 12 rings (SSSR count). The number of carbonyl (C=O) groups excluding carboxylic acids is 8. The summed E-state index contributed by atoms with van der Waals surface area (Å²) in [6.45, 7) is 9.70. The van der Waals surface area contributed by atoms with Gasteiger partial charge in [-0.2, -0.15) is 0 Å². The Labute approximate surface area is 558 Å². The Hall–Kier alpha value is -7.96. The monoisotopic (exact) mass is 1410 g/mol. The van der Waals surface area contributed by atoms with E-state index in [1.54, 1.807) is 24.3 Å². The van der Waals surface area contributed by atoms with Gasteiger partial charge in [-0.1, -0.05) is 74.1 Å². The van der Waals surface area contributed by atoms with Crippen molar-refractivity contribution in [2.75, 3.05) is 26.2 Å². The molecule has 92 heavy (non-hydrogen) atoms. The smallest absolute Gasteiger partial charge is 0.263 e. The maximum absolute atomic E-state index is 13.4. The van der Waals surface area contributed by atoms with Crippen LogP contribution in [-0.4, -0.2) is 118 Å². The third-order valence-corrected chi connectivity index (χ3v) is 19.4. The number of halogens is 8. The first-order chi connectivity index (χ1) is 43.7. The van der Waals surface area contributed by atoms with Crippen LogP contribution in [0.5, 0.6) is 0 Å². The van der Waals surface area contributed by atoms with Gasteiger partial charge in [0, 0.05) is 92.2 Å². The van der Waals surface area contributed by atoms with E-state index in [1.165, 1.54) is 73.3 Å². The lowest BCUT2D eigenvalue weighted by atomic mass is 10.1. The topological polar surface area (TPSA) is 284 Å². The van der Waals surface area contributed by atoms with Crippen molar-refractivity contribution in [2.45, 2.75) is 51.9 Å². The van der Waals surface area contributed by atoms with Crippen LogP contribution in [0.2, 0.25) is 20.1 Å². The number of hydrogen-bond acceptors (Lipinski definition) is 16. The Morgan fingerprint density at radius 3 is 0.728 bits per heavy atom. The molecule has 4 saturated heterocycles. The fourth-order valence-electron chi connectivity index (χ4n) is 9.43. The van der Waals surface area contributed by atoms with Gasteiger partial charge in [-0.3, -0.25) is 38.4 Å². The van der Waals surface area contributed by atoms with Crippen LogP contribution in [0.15, 0.2) is 97.6 Å². The van der Waals surface area contributed by atoms with Crippen molar-refractivity contribution in [3.8, 4) is 42.3 Å². The molecular formula is C60H52Cl4F4N12O8S4. The first kappa shape index (κ1) is 68.4. The summed E-state index contributed by atoms with van der Waals surface area (Å²) in [5, 5.41) is 24.6. The standard InChI is InChI=1S/4C15H13ClFN3O2S/c4*1-7-5-18-14(22)12(7)20-13(21)11-6-19-15(23-11)8-2-9(16)4-10(17)3-8/h4*2-4,6-7,12H,5H2,1H3,(H,18,22)(H,20,21)/t2*7-,12+;2*7-,12-/m1010/s1. The van der Waals surface area contributed by atoms with E-state index >= 15 is 0 Å². The predicted molar refractivity (Wildman–Crippen MR) is 344 cm³/mol. The molecule has 0 bridgehead atoms. The van der Waals surface area contributed by atoms with Crippen molar-refractivity contribution in [1.82, 2.24) is 62.5 Å². The number of rotatable bonds is 12. The lowest BCUT2D eigenvalue weighted by Crippen LogP contribution is -2.42. The van der Waals surface area contributed by atoms with Gasteiger partial charge in [-0.25, -0.2) is 37.5 Å². The highest BCUT2D eigenvalue weighted by molar-refractivity contribution is 7.18. The molecule has 4 aliphatic rings.